The quantitative estimate of drug-likeness (QED) is 0.464. The summed E-state index contributed by atoms with van der Waals surface area (Å²) in [5, 5.41) is 0.707. The molecular formula is C13H15ClO2S. The molecule has 0 saturated carbocycles. The maximum atomic E-state index is 11.5. The molecule has 0 aromatic heterocycles. The van der Waals surface area contributed by atoms with E-state index in [1.165, 1.54) is 11.8 Å². The zero-order chi connectivity index (χ0) is 12.8. The first kappa shape index (κ1) is 14.1. The summed E-state index contributed by atoms with van der Waals surface area (Å²) in [4.78, 5) is 13.5. The molecule has 0 spiro atoms. The molecule has 0 aliphatic carbocycles. The first-order valence-corrected chi connectivity index (χ1v) is 6.52. The zero-order valence-electron chi connectivity index (χ0n) is 10.1. The molecule has 92 valence electrons. The van der Waals surface area contributed by atoms with E-state index in [2.05, 4.69) is 0 Å². The summed E-state index contributed by atoms with van der Waals surface area (Å²) in [6.07, 6.45) is 0. The summed E-state index contributed by atoms with van der Waals surface area (Å²) in [5.41, 5.74) is 0.645. The van der Waals surface area contributed by atoms with Gasteiger partial charge in [0, 0.05) is 15.5 Å². The number of carbonyl (C=O) groups excluding carboxylic acids is 1. The summed E-state index contributed by atoms with van der Waals surface area (Å²) in [7, 11) is 0. The number of ether oxygens (including phenoxy) is 1. The molecular weight excluding hydrogens is 256 g/mol. The molecule has 0 atom stereocenters. The van der Waals surface area contributed by atoms with Crippen molar-refractivity contribution < 1.29 is 9.53 Å². The lowest BCUT2D eigenvalue weighted by molar-refractivity contribution is -0.138. The minimum Gasteiger partial charge on any atom is -0.463 e. The van der Waals surface area contributed by atoms with Crippen LogP contribution < -0.4 is 0 Å². The highest BCUT2D eigenvalue weighted by Gasteiger charge is 2.09. The fourth-order valence-corrected chi connectivity index (χ4v) is 2.13. The zero-order valence-corrected chi connectivity index (χ0v) is 11.7. The Morgan fingerprint density at radius 1 is 1.29 bits per heavy atom. The highest BCUT2D eigenvalue weighted by molar-refractivity contribution is 8.03. The molecule has 0 heterocycles. The van der Waals surface area contributed by atoms with Crippen LogP contribution in [0.3, 0.4) is 0 Å². The predicted molar refractivity (Wildman–Crippen MR) is 72.3 cm³/mol. The molecule has 0 amide bonds. The van der Waals surface area contributed by atoms with Crippen LogP contribution in [0.25, 0.3) is 0 Å². The lowest BCUT2D eigenvalue weighted by atomic mass is 10.3. The van der Waals surface area contributed by atoms with Crippen LogP contribution in [0.5, 0.6) is 0 Å². The molecule has 1 rings (SSSR count). The molecule has 0 aliphatic rings. The van der Waals surface area contributed by atoms with Crippen LogP contribution in [-0.4, -0.2) is 12.6 Å². The summed E-state index contributed by atoms with van der Waals surface area (Å²) in [6.45, 7) is 5.88. The first-order chi connectivity index (χ1) is 8.04. The number of hydrogen-bond acceptors (Lipinski definition) is 3. The number of esters is 1. The van der Waals surface area contributed by atoms with Gasteiger partial charge < -0.3 is 4.74 Å². The Balaban J connectivity index is 2.76. The van der Waals surface area contributed by atoms with Gasteiger partial charge in [-0.3, -0.25) is 0 Å². The molecule has 0 fully saturated rings. The Bertz CT molecular complexity index is 424. The van der Waals surface area contributed by atoms with E-state index in [-0.39, 0.29) is 5.97 Å². The molecule has 0 aliphatic heterocycles. The van der Waals surface area contributed by atoms with Gasteiger partial charge in [-0.1, -0.05) is 23.4 Å². The van der Waals surface area contributed by atoms with E-state index >= 15 is 0 Å². The van der Waals surface area contributed by atoms with Gasteiger partial charge in [0.1, 0.15) is 0 Å². The second kappa shape index (κ2) is 6.72. The third-order valence-electron chi connectivity index (χ3n) is 2.19. The average Bonchev–Trinajstić information content (AvgIpc) is 2.31. The Morgan fingerprint density at radius 3 is 2.41 bits per heavy atom. The number of rotatable bonds is 4. The number of allylic oxidation sites excluding steroid dienone is 1. The van der Waals surface area contributed by atoms with E-state index in [9.17, 15) is 4.79 Å². The van der Waals surface area contributed by atoms with Crippen LogP contribution in [-0.2, 0) is 9.53 Å². The number of carbonyl (C=O) groups is 1. The third kappa shape index (κ3) is 4.44. The van der Waals surface area contributed by atoms with Crippen molar-refractivity contribution in [3.8, 4) is 0 Å². The third-order valence-corrected chi connectivity index (χ3v) is 3.57. The smallest absolute Gasteiger partial charge is 0.334 e. The summed E-state index contributed by atoms with van der Waals surface area (Å²) in [6, 6.07) is 7.51. The first-order valence-electron chi connectivity index (χ1n) is 5.32. The topological polar surface area (TPSA) is 26.3 Å². The van der Waals surface area contributed by atoms with Gasteiger partial charge in [0.2, 0.25) is 0 Å². The van der Waals surface area contributed by atoms with Gasteiger partial charge in [-0.25, -0.2) is 4.79 Å². The minimum atomic E-state index is -0.258. The van der Waals surface area contributed by atoms with Crippen molar-refractivity contribution >= 4 is 29.3 Å². The Kier molecular flexibility index (Phi) is 5.59. The van der Waals surface area contributed by atoms with Crippen LogP contribution in [0.15, 0.2) is 39.6 Å². The normalized spacial score (nSPS) is 12.0. The van der Waals surface area contributed by atoms with E-state index < -0.39 is 0 Å². The lowest BCUT2D eigenvalue weighted by Gasteiger charge is -2.07. The fraction of sp³-hybridized carbons (Fsp3) is 0.308. The van der Waals surface area contributed by atoms with Crippen molar-refractivity contribution in [2.75, 3.05) is 6.61 Å². The number of halogens is 1. The molecule has 4 heteroatoms. The Labute approximate surface area is 111 Å². The molecule has 0 bridgehead atoms. The van der Waals surface area contributed by atoms with Crippen molar-refractivity contribution in [3.63, 3.8) is 0 Å². The summed E-state index contributed by atoms with van der Waals surface area (Å²) < 4.78 is 4.95. The molecule has 1 aromatic rings. The Hall–Kier alpha value is -0.930. The van der Waals surface area contributed by atoms with Gasteiger partial charge in [-0.05, 0) is 49.9 Å². The lowest BCUT2D eigenvalue weighted by Crippen LogP contribution is -2.06. The fourth-order valence-electron chi connectivity index (χ4n) is 1.14. The van der Waals surface area contributed by atoms with Crippen molar-refractivity contribution in [1.82, 2.24) is 0 Å². The SMILES string of the molecule is CCOC(=O)/C(C)=C(\C)Sc1ccc(Cl)cc1. The van der Waals surface area contributed by atoms with Crippen LogP contribution in [0, 0.1) is 0 Å². The van der Waals surface area contributed by atoms with E-state index in [4.69, 9.17) is 16.3 Å². The predicted octanol–water partition coefficient (Wildman–Crippen LogP) is 4.29. The van der Waals surface area contributed by atoms with Gasteiger partial charge in [0.25, 0.3) is 0 Å². The van der Waals surface area contributed by atoms with Gasteiger partial charge in [0.05, 0.1) is 6.61 Å². The monoisotopic (exact) mass is 270 g/mol. The summed E-state index contributed by atoms with van der Waals surface area (Å²) >= 11 is 7.34. The molecule has 0 unspecified atom stereocenters. The van der Waals surface area contributed by atoms with Crippen molar-refractivity contribution in [3.05, 3.63) is 39.8 Å². The van der Waals surface area contributed by atoms with Crippen molar-refractivity contribution in [2.45, 2.75) is 25.7 Å². The highest BCUT2D eigenvalue weighted by atomic mass is 35.5. The second-order valence-corrected chi connectivity index (χ2v) is 5.18. The molecule has 1 aromatic carbocycles. The van der Waals surface area contributed by atoms with Crippen LogP contribution in [0.2, 0.25) is 5.02 Å². The van der Waals surface area contributed by atoms with Gasteiger partial charge in [-0.15, -0.1) is 0 Å². The Morgan fingerprint density at radius 2 is 1.88 bits per heavy atom. The largest absolute Gasteiger partial charge is 0.463 e. The second-order valence-electron chi connectivity index (χ2n) is 3.46. The van der Waals surface area contributed by atoms with Crippen molar-refractivity contribution in [2.24, 2.45) is 0 Å². The molecule has 0 N–H and O–H groups in total. The molecule has 2 nitrogen and oxygen atoms in total. The van der Waals surface area contributed by atoms with E-state index in [0.717, 1.165) is 9.80 Å². The number of benzene rings is 1. The number of hydrogen-bond donors (Lipinski definition) is 0. The minimum absolute atomic E-state index is 0.258. The van der Waals surface area contributed by atoms with E-state index in [1.807, 2.05) is 31.2 Å². The van der Waals surface area contributed by atoms with Crippen LogP contribution in [0.1, 0.15) is 20.8 Å². The molecule has 0 saturated heterocycles. The van der Waals surface area contributed by atoms with Gasteiger partial charge in [0.15, 0.2) is 0 Å². The summed E-state index contributed by atoms with van der Waals surface area (Å²) in [5.74, 6) is -0.258. The molecule has 17 heavy (non-hydrogen) atoms. The standard InChI is InChI=1S/C13H15ClO2S/c1-4-16-13(15)9(2)10(3)17-12-7-5-11(14)6-8-12/h5-8H,4H2,1-3H3/b10-9+. The van der Waals surface area contributed by atoms with Crippen molar-refractivity contribution in [1.29, 1.82) is 0 Å². The number of thioether (sulfide) groups is 1. The van der Waals surface area contributed by atoms with Crippen LogP contribution >= 0.6 is 23.4 Å². The van der Waals surface area contributed by atoms with E-state index in [0.29, 0.717) is 17.2 Å². The molecule has 0 radical (unpaired) electrons. The van der Waals surface area contributed by atoms with Crippen LogP contribution in [0.4, 0.5) is 0 Å². The maximum Gasteiger partial charge on any atom is 0.334 e. The van der Waals surface area contributed by atoms with Gasteiger partial charge in [-0.2, -0.15) is 0 Å². The van der Waals surface area contributed by atoms with Gasteiger partial charge >= 0.3 is 5.97 Å². The van der Waals surface area contributed by atoms with E-state index in [1.54, 1.807) is 13.8 Å². The average molecular weight is 271 g/mol. The highest BCUT2D eigenvalue weighted by Crippen LogP contribution is 2.29. The maximum absolute atomic E-state index is 11.5.